The van der Waals surface area contributed by atoms with Gasteiger partial charge in [0.2, 0.25) is 0 Å². The summed E-state index contributed by atoms with van der Waals surface area (Å²) in [6.45, 7) is 9.88. The highest BCUT2D eigenvalue weighted by Gasteiger charge is 2.31. The predicted molar refractivity (Wildman–Crippen MR) is 135 cm³/mol. The van der Waals surface area contributed by atoms with Crippen LogP contribution in [0.25, 0.3) is 0 Å². The first-order valence-electron chi connectivity index (χ1n) is 10.8. The first-order chi connectivity index (χ1) is 14.5. The van der Waals surface area contributed by atoms with Crippen molar-refractivity contribution in [3.05, 3.63) is 53.3 Å². The number of rotatable bonds is 4. The minimum absolute atomic E-state index is 0. The molecule has 1 N–H and O–H groups in total. The molecule has 0 amide bonds. The molecule has 0 bridgehead atoms. The van der Waals surface area contributed by atoms with Gasteiger partial charge < -0.3 is 15.0 Å². The van der Waals surface area contributed by atoms with E-state index in [1.165, 1.54) is 11.1 Å². The summed E-state index contributed by atoms with van der Waals surface area (Å²) in [5.74, 6) is 0.942. The molecule has 1 saturated heterocycles. The smallest absolute Gasteiger partial charge is 0.193 e. The van der Waals surface area contributed by atoms with E-state index < -0.39 is 0 Å². The predicted octanol–water partition coefficient (Wildman–Crippen LogP) is 2.82. The van der Waals surface area contributed by atoms with Gasteiger partial charge in [-0.2, -0.15) is 5.10 Å². The Morgan fingerprint density at radius 3 is 2.74 bits per heavy atom. The monoisotopic (exact) mass is 538 g/mol. The number of aryl methyl sites for hydroxylation is 1. The second kappa shape index (κ2) is 10.3. The van der Waals surface area contributed by atoms with Crippen LogP contribution in [0.1, 0.15) is 36.6 Å². The molecule has 1 fully saturated rings. The van der Waals surface area contributed by atoms with Gasteiger partial charge in [0.25, 0.3) is 0 Å². The van der Waals surface area contributed by atoms with Crippen molar-refractivity contribution in [2.24, 2.45) is 12.0 Å². The lowest BCUT2D eigenvalue weighted by molar-refractivity contribution is -0.00835. The van der Waals surface area contributed by atoms with Crippen LogP contribution in [-0.2, 0) is 24.8 Å². The van der Waals surface area contributed by atoms with Crippen LogP contribution >= 0.6 is 24.0 Å². The lowest BCUT2D eigenvalue weighted by Crippen LogP contribution is -2.56. The molecule has 4 rings (SSSR count). The van der Waals surface area contributed by atoms with Gasteiger partial charge in [-0.3, -0.25) is 14.6 Å². The Balaban J connectivity index is 0.00000272. The Labute approximate surface area is 202 Å². The number of ether oxygens (including phenoxy) is 1. The van der Waals surface area contributed by atoms with Gasteiger partial charge in [0.05, 0.1) is 19.3 Å². The molecular weight excluding hydrogens is 503 g/mol. The fraction of sp³-hybridized carbons (Fsp3) is 0.565. The Bertz CT molecular complexity index is 896. The van der Waals surface area contributed by atoms with E-state index in [1.807, 2.05) is 31.2 Å². The van der Waals surface area contributed by atoms with E-state index in [-0.39, 0.29) is 35.6 Å². The van der Waals surface area contributed by atoms with E-state index in [0.717, 1.165) is 50.7 Å². The summed E-state index contributed by atoms with van der Waals surface area (Å²) in [5, 5.41) is 7.92. The zero-order chi connectivity index (χ0) is 21.1. The van der Waals surface area contributed by atoms with Gasteiger partial charge in [0.15, 0.2) is 5.96 Å². The summed E-state index contributed by atoms with van der Waals surface area (Å²) in [5.41, 5.74) is 4.08. The van der Waals surface area contributed by atoms with Crippen LogP contribution in [0.4, 0.5) is 0 Å². The second-order valence-electron chi connectivity index (χ2n) is 8.91. The third-order valence-corrected chi connectivity index (χ3v) is 6.34. The highest BCUT2D eigenvalue weighted by atomic mass is 127. The number of benzene rings is 1. The van der Waals surface area contributed by atoms with Crippen molar-refractivity contribution in [1.82, 2.24) is 24.9 Å². The van der Waals surface area contributed by atoms with Crippen LogP contribution in [0.2, 0.25) is 0 Å². The van der Waals surface area contributed by atoms with Crippen LogP contribution in [-0.4, -0.2) is 70.9 Å². The molecule has 0 radical (unpaired) electrons. The topological polar surface area (TPSA) is 57.9 Å². The van der Waals surface area contributed by atoms with Crippen molar-refractivity contribution < 1.29 is 4.74 Å². The summed E-state index contributed by atoms with van der Waals surface area (Å²) in [4.78, 5) is 9.44. The summed E-state index contributed by atoms with van der Waals surface area (Å²) in [7, 11) is 3.80. The Morgan fingerprint density at radius 2 is 2.03 bits per heavy atom. The van der Waals surface area contributed by atoms with E-state index in [0.29, 0.717) is 6.61 Å². The molecule has 3 heterocycles. The number of aromatic nitrogens is 2. The van der Waals surface area contributed by atoms with Gasteiger partial charge in [0, 0.05) is 57.6 Å². The number of aliphatic imine (C=N–C) groups is 1. The zero-order valence-electron chi connectivity index (χ0n) is 19.0. The number of hydrogen-bond donors (Lipinski definition) is 1. The van der Waals surface area contributed by atoms with Gasteiger partial charge in [-0.05, 0) is 31.4 Å². The van der Waals surface area contributed by atoms with Crippen molar-refractivity contribution in [3.8, 4) is 0 Å². The van der Waals surface area contributed by atoms with Crippen molar-refractivity contribution >= 4 is 29.9 Å². The summed E-state index contributed by atoms with van der Waals surface area (Å²) >= 11 is 0. The highest BCUT2D eigenvalue weighted by molar-refractivity contribution is 14.0. The SMILES string of the molecule is CN=C(NCC(C)(C)N1CCc2ccccc2C1)N1CCOC(c2cnn(C)c2)C1.I. The summed E-state index contributed by atoms with van der Waals surface area (Å²) in [6.07, 6.45) is 5.06. The normalized spacial score (nSPS) is 20.2. The van der Waals surface area contributed by atoms with Gasteiger partial charge in [-0.1, -0.05) is 24.3 Å². The van der Waals surface area contributed by atoms with E-state index in [4.69, 9.17) is 4.74 Å². The quantitative estimate of drug-likeness (QED) is 0.369. The molecule has 0 aliphatic carbocycles. The third-order valence-electron chi connectivity index (χ3n) is 6.34. The van der Waals surface area contributed by atoms with E-state index in [2.05, 4.69) is 63.3 Å². The van der Waals surface area contributed by atoms with Crippen molar-refractivity contribution in [1.29, 1.82) is 0 Å². The summed E-state index contributed by atoms with van der Waals surface area (Å²) < 4.78 is 7.81. The molecule has 1 unspecified atom stereocenters. The number of guanidine groups is 1. The molecule has 170 valence electrons. The minimum atomic E-state index is 0. The number of hydrogen-bond acceptors (Lipinski definition) is 4. The minimum Gasteiger partial charge on any atom is -0.370 e. The molecule has 2 aliphatic rings. The fourth-order valence-corrected chi connectivity index (χ4v) is 4.40. The van der Waals surface area contributed by atoms with Crippen LogP contribution in [0.15, 0.2) is 41.7 Å². The number of halogens is 1. The Morgan fingerprint density at radius 1 is 1.26 bits per heavy atom. The molecule has 1 atom stereocenters. The van der Waals surface area contributed by atoms with Gasteiger partial charge in [0.1, 0.15) is 6.10 Å². The Hall–Kier alpha value is -1.65. The average Bonchev–Trinajstić information content (AvgIpc) is 3.20. The maximum atomic E-state index is 5.99. The lowest BCUT2D eigenvalue weighted by Gasteiger charge is -2.43. The Kier molecular flexibility index (Phi) is 7.98. The molecule has 8 heteroatoms. The highest BCUT2D eigenvalue weighted by Crippen LogP contribution is 2.25. The van der Waals surface area contributed by atoms with Gasteiger partial charge >= 0.3 is 0 Å². The molecule has 7 nitrogen and oxygen atoms in total. The standard InChI is InChI=1S/C23H34N6O.HI/c1-23(2,29-10-9-18-7-5-6-8-19(18)15-29)17-25-22(24-3)28-11-12-30-21(16-28)20-13-26-27(4)14-20;/h5-8,13-14,21H,9-12,15-17H2,1-4H3,(H,24,25);1H. The van der Waals surface area contributed by atoms with Crippen LogP contribution < -0.4 is 5.32 Å². The number of nitrogens with zero attached hydrogens (tertiary/aromatic N) is 5. The van der Waals surface area contributed by atoms with E-state index >= 15 is 0 Å². The zero-order valence-corrected chi connectivity index (χ0v) is 21.4. The van der Waals surface area contributed by atoms with Crippen molar-refractivity contribution in [2.45, 2.75) is 38.5 Å². The van der Waals surface area contributed by atoms with Gasteiger partial charge in [-0.15, -0.1) is 24.0 Å². The van der Waals surface area contributed by atoms with E-state index in [1.54, 1.807) is 0 Å². The molecule has 2 aliphatic heterocycles. The van der Waals surface area contributed by atoms with Crippen molar-refractivity contribution in [2.75, 3.05) is 39.8 Å². The molecular formula is C23H35IN6O. The average molecular weight is 538 g/mol. The fourth-order valence-electron chi connectivity index (χ4n) is 4.40. The van der Waals surface area contributed by atoms with Crippen LogP contribution in [0, 0.1) is 0 Å². The number of nitrogens with one attached hydrogen (secondary N) is 1. The first-order valence-corrected chi connectivity index (χ1v) is 10.8. The molecule has 0 spiro atoms. The van der Waals surface area contributed by atoms with Crippen LogP contribution in [0.3, 0.4) is 0 Å². The maximum Gasteiger partial charge on any atom is 0.193 e. The lowest BCUT2D eigenvalue weighted by atomic mass is 9.94. The largest absolute Gasteiger partial charge is 0.370 e. The molecule has 31 heavy (non-hydrogen) atoms. The van der Waals surface area contributed by atoms with Crippen LogP contribution in [0.5, 0.6) is 0 Å². The molecule has 2 aromatic rings. The molecule has 1 aromatic carbocycles. The number of fused-ring (bicyclic) bond motifs is 1. The second-order valence-corrected chi connectivity index (χ2v) is 8.91. The third kappa shape index (κ3) is 5.59. The number of morpholine rings is 1. The first kappa shape index (κ1) is 24.0. The summed E-state index contributed by atoms with van der Waals surface area (Å²) in [6, 6.07) is 8.81. The molecule has 1 aromatic heterocycles. The van der Waals surface area contributed by atoms with E-state index in [9.17, 15) is 0 Å². The maximum absolute atomic E-state index is 5.99. The molecule has 0 saturated carbocycles. The van der Waals surface area contributed by atoms with Crippen molar-refractivity contribution in [3.63, 3.8) is 0 Å². The van der Waals surface area contributed by atoms with Gasteiger partial charge in [-0.25, -0.2) is 0 Å².